The van der Waals surface area contributed by atoms with Gasteiger partial charge in [0.15, 0.2) is 11.5 Å². The number of carbonyl (C=O) groups is 2. The van der Waals surface area contributed by atoms with Crippen molar-refractivity contribution < 1.29 is 23.5 Å². The Bertz CT molecular complexity index is 872. The minimum Gasteiger partial charge on any atom is -0.493 e. The summed E-state index contributed by atoms with van der Waals surface area (Å²) in [4.78, 5) is 26.9. The van der Waals surface area contributed by atoms with E-state index in [1.807, 2.05) is 6.92 Å². The molecule has 2 aromatic rings. The standard InChI is InChI=1S/C21H24ClFN2O4/c1-5-29-20-17(22)10-14(11-18(20)28-4)21(27)25(13(2)3)12-19(26)24-16-8-6-15(23)7-9-16/h6-11,13H,5,12H2,1-4H3,(H,24,26). The zero-order valence-electron chi connectivity index (χ0n) is 16.8. The van der Waals surface area contributed by atoms with E-state index in [2.05, 4.69) is 5.32 Å². The highest BCUT2D eigenvalue weighted by atomic mass is 35.5. The number of amides is 2. The third kappa shape index (κ3) is 5.84. The normalized spacial score (nSPS) is 10.6. The lowest BCUT2D eigenvalue weighted by atomic mass is 10.1. The Morgan fingerprint density at radius 1 is 1.21 bits per heavy atom. The molecule has 0 aliphatic carbocycles. The van der Waals surface area contributed by atoms with Crippen molar-refractivity contribution in [3.05, 3.63) is 52.8 Å². The molecule has 29 heavy (non-hydrogen) atoms. The van der Waals surface area contributed by atoms with E-state index >= 15 is 0 Å². The minimum absolute atomic E-state index is 0.180. The molecule has 0 heterocycles. The molecular formula is C21H24ClFN2O4. The maximum atomic E-state index is 13.0. The zero-order chi connectivity index (χ0) is 21.6. The zero-order valence-corrected chi connectivity index (χ0v) is 17.5. The van der Waals surface area contributed by atoms with E-state index in [0.717, 1.165) is 0 Å². The first-order valence-electron chi connectivity index (χ1n) is 9.13. The van der Waals surface area contributed by atoms with Crippen molar-refractivity contribution in [3.8, 4) is 11.5 Å². The van der Waals surface area contributed by atoms with Crippen LogP contribution in [-0.2, 0) is 4.79 Å². The maximum absolute atomic E-state index is 13.0. The van der Waals surface area contributed by atoms with Gasteiger partial charge in [0.25, 0.3) is 5.91 Å². The summed E-state index contributed by atoms with van der Waals surface area (Å²) in [7, 11) is 1.46. The average molecular weight is 423 g/mol. The van der Waals surface area contributed by atoms with Gasteiger partial charge in [0.05, 0.1) is 18.7 Å². The number of rotatable bonds is 8. The summed E-state index contributed by atoms with van der Waals surface area (Å²) < 4.78 is 23.8. The van der Waals surface area contributed by atoms with Gasteiger partial charge in [-0.3, -0.25) is 9.59 Å². The third-order valence-corrected chi connectivity index (χ3v) is 4.37. The monoisotopic (exact) mass is 422 g/mol. The molecule has 0 fully saturated rings. The van der Waals surface area contributed by atoms with Crippen LogP contribution in [0.5, 0.6) is 11.5 Å². The summed E-state index contributed by atoms with van der Waals surface area (Å²) in [5.41, 5.74) is 0.719. The van der Waals surface area contributed by atoms with E-state index in [1.54, 1.807) is 13.8 Å². The van der Waals surface area contributed by atoms with Crippen LogP contribution in [-0.4, -0.2) is 43.0 Å². The van der Waals surface area contributed by atoms with Crippen LogP contribution in [0.15, 0.2) is 36.4 Å². The Morgan fingerprint density at radius 3 is 2.41 bits per heavy atom. The molecule has 6 nitrogen and oxygen atoms in total. The fourth-order valence-corrected chi connectivity index (χ4v) is 2.94. The van der Waals surface area contributed by atoms with Crippen molar-refractivity contribution in [2.75, 3.05) is 25.6 Å². The summed E-state index contributed by atoms with van der Waals surface area (Å²) >= 11 is 6.26. The van der Waals surface area contributed by atoms with E-state index < -0.39 is 11.7 Å². The quantitative estimate of drug-likeness (QED) is 0.685. The van der Waals surface area contributed by atoms with Crippen LogP contribution in [0.4, 0.5) is 10.1 Å². The number of methoxy groups -OCH3 is 1. The number of halogens is 2. The number of hydrogen-bond acceptors (Lipinski definition) is 4. The highest BCUT2D eigenvalue weighted by Gasteiger charge is 2.24. The topological polar surface area (TPSA) is 67.9 Å². The van der Waals surface area contributed by atoms with E-state index in [4.69, 9.17) is 21.1 Å². The van der Waals surface area contributed by atoms with E-state index in [1.165, 1.54) is 48.4 Å². The molecule has 0 atom stereocenters. The Labute approximate surface area is 174 Å². The first kappa shape index (κ1) is 22.5. The molecule has 2 aromatic carbocycles. The van der Waals surface area contributed by atoms with Crippen LogP contribution in [0.3, 0.4) is 0 Å². The first-order chi connectivity index (χ1) is 13.8. The van der Waals surface area contributed by atoms with Crippen molar-refractivity contribution >= 4 is 29.1 Å². The number of nitrogens with zero attached hydrogens (tertiary/aromatic N) is 1. The van der Waals surface area contributed by atoms with Gasteiger partial charge >= 0.3 is 0 Å². The predicted molar refractivity (Wildman–Crippen MR) is 110 cm³/mol. The summed E-state index contributed by atoms with van der Waals surface area (Å²) in [6, 6.07) is 8.16. The van der Waals surface area contributed by atoms with Crippen LogP contribution in [0.25, 0.3) is 0 Å². The van der Waals surface area contributed by atoms with Gasteiger partial charge in [-0.1, -0.05) is 11.6 Å². The lowest BCUT2D eigenvalue weighted by molar-refractivity contribution is -0.117. The van der Waals surface area contributed by atoms with Crippen molar-refractivity contribution in [1.82, 2.24) is 4.90 Å². The van der Waals surface area contributed by atoms with Gasteiger partial charge in [0, 0.05) is 17.3 Å². The Kier molecular flexibility index (Phi) is 7.84. The summed E-state index contributed by atoms with van der Waals surface area (Å²) in [6.45, 7) is 5.63. The molecule has 0 unspecified atom stereocenters. The summed E-state index contributed by atoms with van der Waals surface area (Å²) in [5.74, 6) is -0.482. The van der Waals surface area contributed by atoms with Gasteiger partial charge in [-0.15, -0.1) is 0 Å². The number of anilines is 1. The molecule has 0 spiro atoms. The molecule has 0 bridgehead atoms. The van der Waals surface area contributed by atoms with Gasteiger partial charge < -0.3 is 19.7 Å². The van der Waals surface area contributed by atoms with Crippen LogP contribution < -0.4 is 14.8 Å². The number of carbonyl (C=O) groups excluding carboxylic acids is 2. The highest BCUT2D eigenvalue weighted by Crippen LogP contribution is 2.36. The lowest BCUT2D eigenvalue weighted by Gasteiger charge is -2.26. The van der Waals surface area contributed by atoms with Crippen molar-refractivity contribution in [2.24, 2.45) is 0 Å². The molecule has 1 N–H and O–H groups in total. The second-order valence-corrected chi connectivity index (χ2v) is 6.91. The number of nitrogens with one attached hydrogen (secondary N) is 1. The van der Waals surface area contributed by atoms with Crippen LogP contribution >= 0.6 is 11.6 Å². The third-order valence-electron chi connectivity index (χ3n) is 4.09. The summed E-state index contributed by atoms with van der Waals surface area (Å²) in [5, 5.41) is 2.89. The Hall–Kier alpha value is -2.80. The van der Waals surface area contributed by atoms with E-state index in [9.17, 15) is 14.0 Å². The van der Waals surface area contributed by atoms with Crippen LogP contribution in [0.2, 0.25) is 5.02 Å². The number of ether oxygens (including phenoxy) is 2. The highest BCUT2D eigenvalue weighted by molar-refractivity contribution is 6.32. The molecule has 2 rings (SSSR count). The molecule has 0 radical (unpaired) electrons. The lowest BCUT2D eigenvalue weighted by Crippen LogP contribution is -2.42. The summed E-state index contributed by atoms with van der Waals surface area (Å²) in [6.07, 6.45) is 0. The van der Waals surface area contributed by atoms with Crippen molar-refractivity contribution in [3.63, 3.8) is 0 Å². The SMILES string of the molecule is CCOc1c(Cl)cc(C(=O)N(CC(=O)Nc2ccc(F)cc2)C(C)C)cc1OC. The maximum Gasteiger partial charge on any atom is 0.254 e. The van der Waals surface area contributed by atoms with Crippen LogP contribution in [0.1, 0.15) is 31.1 Å². The molecule has 0 saturated carbocycles. The van der Waals surface area contributed by atoms with E-state index in [0.29, 0.717) is 23.8 Å². The average Bonchev–Trinajstić information content (AvgIpc) is 2.68. The smallest absolute Gasteiger partial charge is 0.254 e. The van der Waals surface area contributed by atoms with Gasteiger partial charge in [-0.05, 0) is 57.2 Å². The fraction of sp³-hybridized carbons (Fsp3) is 0.333. The fourth-order valence-electron chi connectivity index (χ4n) is 2.67. The van der Waals surface area contributed by atoms with Crippen LogP contribution in [0, 0.1) is 5.82 Å². The molecule has 156 valence electrons. The number of hydrogen-bond donors (Lipinski definition) is 1. The second kappa shape index (κ2) is 10.1. The number of benzene rings is 2. The predicted octanol–water partition coefficient (Wildman–Crippen LogP) is 4.38. The first-order valence-corrected chi connectivity index (χ1v) is 9.51. The molecular weight excluding hydrogens is 399 g/mol. The Morgan fingerprint density at radius 2 is 1.86 bits per heavy atom. The molecule has 0 aliphatic heterocycles. The molecule has 2 amide bonds. The minimum atomic E-state index is -0.400. The van der Waals surface area contributed by atoms with Gasteiger partial charge in [0.1, 0.15) is 12.4 Å². The largest absolute Gasteiger partial charge is 0.493 e. The molecule has 0 aliphatic rings. The molecule has 8 heteroatoms. The molecule has 0 aromatic heterocycles. The van der Waals surface area contributed by atoms with Gasteiger partial charge in [0.2, 0.25) is 5.91 Å². The molecule has 0 saturated heterocycles. The van der Waals surface area contributed by atoms with Gasteiger partial charge in [-0.25, -0.2) is 4.39 Å². The second-order valence-electron chi connectivity index (χ2n) is 6.50. The van der Waals surface area contributed by atoms with Gasteiger partial charge in [-0.2, -0.15) is 0 Å². The Balaban J connectivity index is 2.21. The van der Waals surface area contributed by atoms with E-state index in [-0.39, 0.29) is 29.1 Å². The van der Waals surface area contributed by atoms with Crippen molar-refractivity contribution in [2.45, 2.75) is 26.8 Å². The van der Waals surface area contributed by atoms with Crippen molar-refractivity contribution in [1.29, 1.82) is 0 Å².